The van der Waals surface area contributed by atoms with Gasteiger partial charge in [0.05, 0.1) is 24.8 Å². The zero-order chi connectivity index (χ0) is 19.1. The lowest BCUT2D eigenvalue weighted by Gasteiger charge is -2.14. The van der Waals surface area contributed by atoms with E-state index in [1.165, 1.54) is 0 Å². The van der Waals surface area contributed by atoms with Gasteiger partial charge in [-0.15, -0.1) is 0 Å². The van der Waals surface area contributed by atoms with Crippen LogP contribution >= 0.6 is 11.6 Å². The van der Waals surface area contributed by atoms with Gasteiger partial charge in [0, 0.05) is 31.9 Å². The molecule has 0 bridgehead atoms. The second-order valence-electron chi connectivity index (χ2n) is 7.25. The molecule has 27 heavy (non-hydrogen) atoms. The lowest BCUT2D eigenvalue weighted by Crippen LogP contribution is -2.32. The Kier molecular flexibility index (Phi) is 4.74. The Balaban J connectivity index is 1.77. The van der Waals surface area contributed by atoms with Gasteiger partial charge >= 0.3 is 11.1 Å². The van der Waals surface area contributed by atoms with Gasteiger partial charge in [-0.2, -0.15) is 4.98 Å². The molecule has 1 aliphatic heterocycles. The topological polar surface area (TPSA) is 60.0 Å². The average molecular weight is 388 g/mol. The van der Waals surface area contributed by atoms with Crippen molar-refractivity contribution in [2.45, 2.75) is 39.0 Å². The Morgan fingerprint density at radius 2 is 2.04 bits per heavy atom. The molecule has 0 saturated carbocycles. The number of ether oxygens (including phenoxy) is 1. The highest BCUT2D eigenvalue weighted by Gasteiger charge is 2.34. The molecule has 0 N–H and O–H groups in total. The summed E-state index contributed by atoms with van der Waals surface area (Å²) in [6.07, 6.45) is 7.81. The normalized spacial score (nSPS) is 22.5. The first-order chi connectivity index (χ1) is 13.0. The predicted molar refractivity (Wildman–Crippen MR) is 104 cm³/mol. The molecule has 0 spiro atoms. The van der Waals surface area contributed by atoms with Crippen LogP contribution in [-0.2, 0) is 4.74 Å². The van der Waals surface area contributed by atoms with Crippen LogP contribution in [-0.4, -0.2) is 39.7 Å². The van der Waals surface area contributed by atoms with E-state index in [0.29, 0.717) is 22.9 Å². The van der Waals surface area contributed by atoms with Gasteiger partial charge in [-0.1, -0.05) is 13.8 Å². The Morgan fingerprint density at radius 3 is 2.67 bits per heavy atom. The lowest BCUT2D eigenvalue weighted by atomic mass is 10.0. The number of nitrogens with zero attached hydrogens (tertiary/aromatic N) is 6. The predicted octanol–water partition coefficient (Wildman–Crippen LogP) is 3.16. The van der Waals surface area contributed by atoms with E-state index in [9.17, 15) is 0 Å². The third-order valence-corrected chi connectivity index (χ3v) is 5.37. The highest BCUT2D eigenvalue weighted by Crippen LogP contribution is 2.36. The first kappa shape index (κ1) is 18.1. The van der Waals surface area contributed by atoms with Crippen LogP contribution in [0, 0.1) is 5.92 Å². The molecule has 3 atom stereocenters. The van der Waals surface area contributed by atoms with Gasteiger partial charge in [0.15, 0.2) is 5.65 Å². The first-order valence-electron chi connectivity index (χ1n) is 9.22. The Hall–Kier alpha value is -2.25. The van der Waals surface area contributed by atoms with Gasteiger partial charge in [-0.3, -0.25) is 4.57 Å². The van der Waals surface area contributed by atoms with Crippen LogP contribution in [0.15, 0.2) is 30.9 Å². The number of imidazole rings is 1. The highest BCUT2D eigenvalue weighted by molar-refractivity contribution is 6.28. The van der Waals surface area contributed by atoms with Crippen molar-refractivity contribution in [2.24, 2.45) is 5.92 Å². The van der Waals surface area contributed by atoms with Crippen molar-refractivity contribution in [3.8, 4) is 5.82 Å². The summed E-state index contributed by atoms with van der Waals surface area (Å²) < 4.78 is 10.1. The number of hydrogen-bond donors (Lipinski definition) is 0. The summed E-state index contributed by atoms with van der Waals surface area (Å²) in [7, 11) is 4.01. The molecule has 142 valence electrons. The molecule has 3 aromatic heterocycles. The maximum absolute atomic E-state index is 6.25. The van der Waals surface area contributed by atoms with Gasteiger partial charge in [0.25, 0.3) is 0 Å². The third kappa shape index (κ3) is 3.26. The van der Waals surface area contributed by atoms with Gasteiger partial charge in [-0.25, -0.2) is 9.55 Å². The second-order valence-corrected chi connectivity index (χ2v) is 7.59. The second kappa shape index (κ2) is 7.05. The maximum Gasteiger partial charge on any atom is 0.361 e. The fraction of sp³-hybridized carbons (Fsp3) is 0.474. The molecule has 1 aliphatic rings. The van der Waals surface area contributed by atoms with Crippen molar-refractivity contribution in [1.82, 2.24) is 19.5 Å². The van der Waals surface area contributed by atoms with E-state index < -0.39 is 0 Å². The van der Waals surface area contributed by atoms with Crippen LogP contribution in [0.5, 0.6) is 0 Å². The summed E-state index contributed by atoms with van der Waals surface area (Å²) in [6, 6.07) is 4.04. The fourth-order valence-electron chi connectivity index (χ4n) is 3.66. The van der Waals surface area contributed by atoms with Crippen molar-refractivity contribution in [3.63, 3.8) is 0 Å². The molecule has 0 amide bonds. The van der Waals surface area contributed by atoms with Crippen LogP contribution in [0.3, 0.4) is 0 Å². The van der Waals surface area contributed by atoms with E-state index in [4.69, 9.17) is 16.3 Å². The van der Waals surface area contributed by atoms with Gasteiger partial charge in [0.2, 0.25) is 5.52 Å². The van der Waals surface area contributed by atoms with Gasteiger partial charge in [0.1, 0.15) is 6.23 Å². The summed E-state index contributed by atoms with van der Waals surface area (Å²) in [5.41, 5.74) is 2.51. The molecule has 0 aromatic carbocycles. The van der Waals surface area contributed by atoms with E-state index in [1.807, 2.05) is 52.7 Å². The Labute approximate surface area is 163 Å². The first-order valence-corrected chi connectivity index (χ1v) is 9.60. The molecule has 1 saturated heterocycles. The number of aromatic nitrogens is 5. The van der Waals surface area contributed by atoms with Crippen molar-refractivity contribution in [2.75, 3.05) is 19.0 Å². The number of rotatable bonds is 4. The lowest BCUT2D eigenvalue weighted by molar-refractivity contribution is -0.598. The van der Waals surface area contributed by atoms with Crippen molar-refractivity contribution in [1.29, 1.82) is 0 Å². The zero-order valence-corrected chi connectivity index (χ0v) is 16.8. The van der Waals surface area contributed by atoms with E-state index >= 15 is 0 Å². The van der Waals surface area contributed by atoms with Gasteiger partial charge < -0.3 is 9.64 Å². The molecule has 0 unspecified atom stereocenters. The van der Waals surface area contributed by atoms with Crippen LogP contribution in [0.4, 0.5) is 5.69 Å². The largest absolute Gasteiger partial charge is 0.377 e. The molecule has 0 radical (unpaired) electrons. The fourth-order valence-corrected chi connectivity index (χ4v) is 3.82. The van der Waals surface area contributed by atoms with E-state index in [1.54, 1.807) is 6.33 Å². The number of anilines is 1. The van der Waals surface area contributed by atoms with E-state index in [2.05, 4.69) is 28.8 Å². The smallest absolute Gasteiger partial charge is 0.361 e. The van der Waals surface area contributed by atoms with Crippen molar-refractivity contribution in [3.05, 3.63) is 36.1 Å². The molecule has 4 heterocycles. The average Bonchev–Trinajstić information content (AvgIpc) is 3.24. The monoisotopic (exact) mass is 387 g/mol. The highest BCUT2D eigenvalue weighted by atomic mass is 35.5. The summed E-state index contributed by atoms with van der Waals surface area (Å²) in [5.74, 6) is 1.16. The maximum atomic E-state index is 6.25. The zero-order valence-electron chi connectivity index (χ0n) is 16.0. The van der Waals surface area contributed by atoms with Crippen LogP contribution in [0.1, 0.15) is 32.9 Å². The minimum absolute atomic E-state index is 0.0742. The van der Waals surface area contributed by atoms with E-state index in [-0.39, 0.29) is 17.6 Å². The molecule has 0 aliphatic carbocycles. The molecular weight excluding hydrogens is 364 g/mol. The van der Waals surface area contributed by atoms with Crippen LogP contribution in [0.2, 0.25) is 5.28 Å². The van der Waals surface area contributed by atoms with Crippen LogP contribution in [0.25, 0.3) is 17.0 Å². The molecular formula is C19H24ClN6O+. The molecule has 1 fully saturated rings. The van der Waals surface area contributed by atoms with Crippen LogP contribution < -0.4 is 9.47 Å². The SMILES string of the molecule is CC[C@@H]1O[C@@H](n2cnc3c(-[n+]4ccc(N(C)C)cc4)nc(Cl)nc32)C[C@@H]1C. The molecule has 8 heteroatoms. The Morgan fingerprint density at radius 1 is 1.30 bits per heavy atom. The number of pyridine rings is 1. The third-order valence-electron chi connectivity index (χ3n) is 5.20. The van der Waals surface area contributed by atoms with E-state index in [0.717, 1.165) is 18.5 Å². The standard InChI is InChI=1S/C19H24ClN6O/c1-5-14-12(2)10-15(27-14)26-11-21-16-17(22-19(20)23-18(16)26)25-8-6-13(7-9-25)24(3)4/h6-9,11-12,14-15H,5,10H2,1-4H3/q+1/t12-,14-,15+/m0/s1. The summed E-state index contributed by atoms with van der Waals surface area (Å²) in [6.45, 7) is 4.38. The van der Waals surface area contributed by atoms with Crippen molar-refractivity contribution < 1.29 is 9.30 Å². The summed E-state index contributed by atoms with van der Waals surface area (Å²) >= 11 is 6.25. The minimum Gasteiger partial charge on any atom is -0.377 e. The number of hydrogen-bond acceptors (Lipinski definition) is 5. The van der Waals surface area contributed by atoms with Crippen molar-refractivity contribution >= 4 is 28.5 Å². The Bertz CT molecular complexity index is 955. The molecule has 7 nitrogen and oxygen atoms in total. The quantitative estimate of drug-likeness (QED) is 0.508. The molecule has 3 aromatic rings. The number of fused-ring (bicyclic) bond motifs is 1. The minimum atomic E-state index is -0.0742. The van der Waals surface area contributed by atoms with Gasteiger partial charge in [-0.05, 0) is 35.3 Å². The molecule has 4 rings (SSSR count). The summed E-state index contributed by atoms with van der Waals surface area (Å²) in [4.78, 5) is 15.5. The number of halogens is 1. The summed E-state index contributed by atoms with van der Waals surface area (Å²) in [5, 5.41) is 0.196.